The number of hydrogen-bond acceptors (Lipinski definition) is 4. The number of rotatable bonds is 5. The molecule has 1 atom stereocenters. The lowest BCUT2D eigenvalue weighted by atomic mass is 9.81. The van der Waals surface area contributed by atoms with E-state index in [2.05, 4.69) is 12.1 Å². The van der Waals surface area contributed by atoms with Crippen molar-refractivity contribution in [2.75, 3.05) is 7.11 Å². The van der Waals surface area contributed by atoms with Gasteiger partial charge in [-0.25, -0.2) is 0 Å². The molecule has 1 aliphatic rings. The average Bonchev–Trinajstić information content (AvgIpc) is 2.58. The highest BCUT2D eigenvalue weighted by Gasteiger charge is 2.22. The normalized spacial score (nSPS) is 16.3. The Morgan fingerprint density at radius 2 is 1.88 bits per heavy atom. The summed E-state index contributed by atoms with van der Waals surface area (Å²) in [7, 11) is 1.68. The van der Waals surface area contributed by atoms with Crippen LogP contribution in [0.4, 0.5) is 0 Å². The molecule has 25 heavy (non-hydrogen) atoms. The quantitative estimate of drug-likeness (QED) is 0.801. The molecule has 0 bridgehead atoms. The van der Waals surface area contributed by atoms with Gasteiger partial charge in [0, 0.05) is 6.42 Å². The molecule has 1 aliphatic carbocycles. The van der Waals surface area contributed by atoms with Gasteiger partial charge in [-0.15, -0.1) is 0 Å². The number of phenolic OH excluding ortho intramolecular Hbond substituents is 2. The molecule has 0 radical (unpaired) electrons. The summed E-state index contributed by atoms with van der Waals surface area (Å²) >= 11 is 0. The van der Waals surface area contributed by atoms with Crippen LogP contribution in [0.5, 0.6) is 17.2 Å². The summed E-state index contributed by atoms with van der Waals surface area (Å²) in [5.74, 6) is 0.861. The zero-order valence-corrected chi connectivity index (χ0v) is 14.7. The molecule has 4 heteroatoms. The molecule has 0 spiro atoms. The van der Waals surface area contributed by atoms with Gasteiger partial charge in [-0.1, -0.05) is 6.07 Å². The summed E-state index contributed by atoms with van der Waals surface area (Å²) in [5, 5.41) is 19.9. The molecule has 2 aromatic rings. The summed E-state index contributed by atoms with van der Waals surface area (Å²) in [6, 6.07) is 9.21. The van der Waals surface area contributed by atoms with Crippen LogP contribution in [0.2, 0.25) is 0 Å². The fourth-order valence-corrected chi connectivity index (χ4v) is 3.67. The zero-order chi connectivity index (χ0) is 18.0. The predicted molar refractivity (Wildman–Crippen MR) is 96.6 cm³/mol. The second-order valence-electron chi connectivity index (χ2n) is 6.88. The van der Waals surface area contributed by atoms with Crippen molar-refractivity contribution in [1.82, 2.24) is 0 Å². The maximum absolute atomic E-state index is 12.4. The number of methoxy groups -OCH3 is 1. The van der Waals surface area contributed by atoms with Crippen molar-refractivity contribution in [3.05, 3.63) is 52.6 Å². The SMILES string of the molecule is COc1ccc2c(c1)CCC(CCC(=O)c1c(O)cc(C)cc1O)C2. The second-order valence-corrected chi connectivity index (χ2v) is 6.88. The van der Waals surface area contributed by atoms with E-state index in [9.17, 15) is 15.0 Å². The maximum atomic E-state index is 12.4. The van der Waals surface area contributed by atoms with Crippen molar-refractivity contribution in [3.8, 4) is 17.2 Å². The van der Waals surface area contributed by atoms with Crippen LogP contribution in [0.15, 0.2) is 30.3 Å². The van der Waals surface area contributed by atoms with Crippen LogP contribution in [-0.2, 0) is 12.8 Å². The molecule has 3 rings (SSSR count). The van der Waals surface area contributed by atoms with Crippen LogP contribution in [0.1, 0.15) is 46.3 Å². The Morgan fingerprint density at radius 3 is 2.56 bits per heavy atom. The van der Waals surface area contributed by atoms with Crippen molar-refractivity contribution in [3.63, 3.8) is 0 Å². The van der Waals surface area contributed by atoms with Gasteiger partial charge >= 0.3 is 0 Å². The minimum Gasteiger partial charge on any atom is -0.507 e. The third kappa shape index (κ3) is 3.78. The van der Waals surface area contributed by atoms with Gasteiger partial charge in [0.2, 0.25) is 0 Å². The monoisotopic (exact) mass is 340 g/mol. The van der Waals surface area contributed by atoms with E-state index in [0.717, 1.165) is 37.0 Å². The molecule has 2 aromatic carbocycles. The second kappa shape index (κ2) is 7.18. The van der Waals surface area contributed by atoms with Crippen LogP contribution >= 0.6 is 0 Å². The molecule has 0 fully saturated rings. The third-order valence-corrected chi connectivity index (χ3v) is 5.04. The van der Waals surface area contributed by atoms with Gasteiger partial charge in [-0.2, -0.15) is 0 Å². The smallest absolute Gasteiger partial charge is 0.170 e. The van der Waals surface area contributed by atoms with Gasteiger partial charge in [0.05, 0.1) is 7.11 Å². The molecule has 4 nitrogen and oxygen atoms in total. The predicted octanol–water partition coefficient (Wildman–Crippen LogP) is 4.18. The first-order valence-corrected chi connectivity index (χ1v) is 8.69. The zero-order valence-electron chi connectivity index (χ0n) is 14.7. The Balaban J connectivity index is 1.64. The van der Waals surface area contributed by atoms with Crippen LogP contribution in [-0.4, -0.2) is 23.1 Å². The number of carbonyl (C=O) groups excluding carboxylic acids is 1. The first-order chi connectivity index (χ1) is 12.0. The Morgan fingerprint density at radius 1 is 1.16 bits per heavy atom. The largest absolute Gasteiger partial charge is 0.507 e. The van der Waals surface area contributed by atoms with Crippen molar-refractivity contribution >= 4 is 5.78 Å². The lowest BCUT2D eigenvalue weighted by molar-refractivity contribution is 0.0967. The number of benzene rings is 2. The van der Waals surface area contributed by atoms with Crippen LogP contribution in [0.25, 0.3) is 0 Å². The van der Waals surface area contributed by atoms with E-state index < -0.39 is 0 Å². The van der Waals surface area contributed by atoms with E-state index >= 15 is 0 Å². The highest BCUT2D eigenvalue weighted by molar-refractivity contribution is 6.01. The van der Waals surface area contributed by atoms with Crippen LogP contribution < -0.4 is 4.74 Å². The number of fused-ring (bicyclic) bond motifs is 1. The fourth-order valence-electron chi connectivity index (χ4n) is 3.67. The minimum absolute atomic E-state index is 0.0477. The first kappa shape index (κ1) is 17.3. The van der Waals surface area contributed by atoms with Crippen molar-refractivity contribution < 1.29 is 19.7 Å². The fraction of sp³-hybridized carbons (Fsp3) is 0.381. The van der Waals surface area contributed by atoms with E-state index in [1.54, 1.807) is 14.0 Å². The van der Waals surface area contributed by atoms with E-state index in [0.29, 0.717) is 12.3 Å². The molecule has 0 amide bonds. The number of aromatic hydroxyl groups is 2. The third-order valence-electron chi connectivity index (χ3n) is 5.04. The molecule has 0 aromatic heterocycles. The number of ketones is 1. The minimum atomic E-state index is -0.199. The summed E-state index contributed by atoms with van der Waals surface area (Å²) in [6.45, 7) is 1.77. The van der Waals surface area contributed by atoms with Crippen molar-refractivity contribution in [2.24, 2.45) is 5.92 Å². The summed E-state index contributed by atoms with van der Waals surface area (Å²) in [5.41, 5.74) is 3.43. The molecule has 0 heterocycles. The Hall–Kier alpha value is -2.49. The highest BCUT2D eigenvalue weighted by atomic mass is 16.5. The van der Waals surface area contributed by atoms with E-state index in [1.807, 2.05) is 6.07 Å². The first-order valence-electron chi connectivity index (χ1n) is 8.69. The van der Waals surface area contributed by atoms with E-state index in [-0.39, 0.29) is 22.8 Å². The highest BCUT2D eigenvalue weighted by Crippen LogP contribution is 2.33. The van der Waals surface area contributed by atoms with Gasteiger partial charge in [0.25, 0.3) is 0 Å². The molecule has 1 unspecified atom stereocenters. The van der Waals surface area contributed by atoms with Crippen molar-refractivity contribution in [1.29, 1.82) is 0 Å². The van der Waals surface area contributed by atoms with Crippen molar-refractivity contribution in [2.45, 2.75) is 39.0 Å². The van der Waals surface area contributed by atoms with E-state index in [4.69, 9.17) is 4.74 Å². The summed E-state index contributed by atoms with van der Waals surface area (Å²) in [4.78, 5) is 12.4. The molecule has 0 saturated carbocycles. The number of Topliss-reactive ketones (excluding diaryl/α,β-unsaturated/α-hetero) is 1. The Bertz CT molecular complexity index is 771. The summed E-state index contributed by atoms with van der Waals surface area (Å²) in [6.07, 6.45) is 4.08. The number of phenols is 2. The number of hydrogen-bond donors (Lipinski definition) is 2. The lowest BCUT2D eigenvalue weighted by Gasteiger charge is -2.25. The molecule has 0 saturated heterocycles. The van der Waals surface area contributed by atoms with Gasteiger partial charge in [-0.3, -0.25) is 4.79 Å². The Labute approximate surface area is 148 Å². The summed E-state index contributed by atoms with van der Waals surface area (Å²) < 4.78 is 5.27. The van der Waals surface area contributed by atoms with E-state index in [1.165, 1.54) is 23.3 Å². The number of carbonyl (C=O) groups is 1. The Kier molecular flexibility index (Phi) is 4.98. The van der Waals surface area contributed by atoms with Gasteiger partial charge in [0.15, 0.2) is 5.78 Å². The number of ether oxygens (including phenoxy) is 1. The van der Waals surface area contributed by atoms with Gasteiger partial charge in [0.1, 0.15) is 22.8 Å². The topological polar surface area (TPSA) is 66.8 Å². The molecule has 2 N–H and O–H groups in total. The molecule has 0 aliphatic heterocycles. The van der Waals surface area contributed by atoms with Gasteiger partial charge < -0.3 is 14.9 Å². The van der Waals surface area contributed by atoms with Crippen LogP contribution in [0, 0.1) is 12.8 Å². The lowest BCUT2D eigenvalue weighted by Crippen LogP contribution is -2.16. The van der Waals surface area contributed by atoms with Crippen LogP contribution in [0.3, 0.4) is 0 Å². The standard InChI is InChI=1S/C21H24O4/c1-13-9-19(23)21(20(24)10-13)18(22)8-4-14-3-5-16-12-17(25-2)7-6-15(16)11-14/h6-7,9-10,12,14,23-24H,3-5,8,11H2,1-2H3. The van der Waals surface area contributed by atoms with Gasteiger partial charge in [-0.05, 0) is 79.5 Å². The molecule has 132 valence electrons. The maximum Gasteiger partial charge on any atom is 0.170 e. The average molecular weight is 340 g/mol. The molecular formula is C21H24O4. The molecular weight excluding hydrogens is 316 g/mol. The number of aryl methyl sites for hydroxylation is 2.